The van der Waals surface area contributed by atoms with Crippen LogP contribution in [0.2, 0.25) is 0 Å². The second-order valence-electron chi connectivity index (χ2n) is 4.95. The normalized spacial score (nSPS) is 18.9. The van der Waals surface area contributed by atoms with E-state index in [4.69, 9.17) is 0 Å². The molecular formula is C14H18N2O3. The maximum Gasteiger partial charge on any atom is 0.243 e. The van der Waals surface area contributed by atoms with E-state index in [1.54, 1.807) is 36.0 Å². The van der Waals surface area contributed by atoms with E-state index in [1.807, 2.05) is 6.92 Å². The van der Waals surface area contributed by atoms with E-state index in [2.05, 4.69) is 0 Å². The molecule has 5 nitrogen and oxygen atoms in total. The van der Waals surface area contributed by atoms with E-state index in [9.17, 15) is 14.7 Å². The Kier molecular flexibility index (Phi) is 3.22. The molecule has 1 saturated heterocycles. The van der Waals surface area contributed by atoms with Gasteiger partial charge in [-0.25, -0.2) is 0 Å². The van der Waals surface area contributed by atoms with E-state index >= 15 is 0 Å². The molecule has 1 aromatic carbocycles. The number of benzene rings is 1. The van der Waals surface area contributed by atoms with Crippen molar-refractivity contribution in [1.29, 1.82) is 0 Å². The summed E-state index contributed by atoms with van der Waals surface area (Å²) in [4.78, 5) is 28.2. The van der Waals surface area contributed by atoms with Crippen molar-refractivity contribution in [3.63, 3.8) is 0 Å². The largest absolute Gasteiger partial charge is 0.508 e. The van der Waals surface area contributed by atoms with Gasteiger partial charge in [-0.3, -0.25) is 9.59 Å². The highest BCUT2D eigenvalue weighted by molar-refractivity contribution is 6.12. The summed E-state index contributed by atoms with van der Waals surface area (Å²) in [6.45, 7) is 2.13. The number of carbonyl (C=O) groups is 2. The predicted octanol–water partition coefficient (Wildman–Crippen LogP) is 0.928. The van der Waals surface area contributed by atoms with Crippen molar-refractivity contribution in [1.82, 2.24) is 9.80 Å². The summed E-state index contributed by atoms with van der Waals surface area (Å²) >= 11 is 0. The Morgan fingerprint density at radius 3 is 2.00 bits per heavy atom. The van der Waals surface area contributed by atoms with Gasteiger partial charge in [0.25, 0.3) is 0 Å². The molecule has 1 aliphatic heterocycles. The Balaban J connectivity index is 2.58. The molecule has 1 aliphatic rings. The number of rotatable bonds is 2. The van der Waals surface area contributed by atoms with Crippen LogP contribution in [0.1, 0.15) is 18.9 Å². The highest BCUT2D eigenvalue weighted by Gasteiger charge is 2.52. The summed E-state index contributed by atoms with van der Waals surface area (Å²) in [6, 6.07) is 6.28. The van der Waals surface area contributed by atoms with Gasteiger partial charge in [0.15, 0.2) is 5.41 Å². The average Bonchev–Trinajstić information content (AvgIpc) is 2.40. The first-order valence-electron chi connectivity index (χ1n) is 6.24. The molecule has 1 aromatic rings. The molecule has 0 bridgehead atoms. The highest BCUT2D eigenvalue weighted by Crippen LogP contribution is 2.35. The van der Waals surface area contributed by atoms with Gasteiger partial charge in [0, 0.05) is 14.1 Å². The zero-order valence-electron chi connectivity index (χ0n) is 11.4. The van der Waals surface area contributed by atoms with Gasteiger partial charge >= 0.3 is 0 Å². The van der Waals surface area contributed by atoms with Crippen LogP contribution in [0.4, 0.5) is 0 Å². The monoisotopic (exact) mass is 262 g/mol. The molecule has 5 heteroatoms. The SMILES string of the molecule is CCC1(c2ccc(O)cc2)C(=O)N(C)CN(C)C1=O. The third kappa shape index (κ3) is 1.85. The number of phenols is 1. The van der Waals surface area contributed by atoms with Crippen LogP contribution in [0.5, 0.6) is 5.75 Å². The van der Waals surface area contributed by atoms with Crippen molar-refractivity contribution in [3.05, 3.63) is 29.8 Å². The van der Waals surface area contributed by atoms with Gasteiger partial charge in [0.1, 0.15) is 5.75 Å². The second-order valence-corrected chi connectivity index (χ2v) is 4.95. The standard InChI is InChI=1S/C14H18N2O3/c1-4-14(10-5-7-11(17)8-6-10)12(18)15(2)9-16(3)13(14)19/h5-8,17H,4,9H2,1-3H3. The number of likely N-dealkylation sites (N-methyl/N-ethyl adjacent to an activating group) is 2. The van der Waals surface area contributed by atoms with Gasteiger partial charge in [-0.05, 0) is 24.1 Å². The minimum absolute atomic E-state index is 0.118. The first-order valence-corrected chi connectivity index (χ1v) is 6.24. The van der Waals surface area contributed by atoms with Crippen molar-refractivity contribution in [3.8, 4) is 5.75 Å². The summed E-state index contributed by atoms with van der Waals surface area (Å²) < 4.78 is 0. The van der Waals surface area contributed by atoms with E-state index < -0.39 is 5.41 Å². The molecule has 0 spiro atoms. The molecule has 19 heavy (non-hydrogen) atoms. The fourth-order valence-electron chi connectivity index (χ4n) is 2.69. The highest BCUT2D eigenvalue weighted by atomic mass is 16.3. The molecule has 0 saturated carbocycles. The van der Waals surface area contributed by atoms with Gasteiger partial charge in [-0.1, -0.05) is 19.1 Å². The van der Waals surface area contributed by atoms with Crippen molar-refractivity contribution in [2.24, 2.45) is 0 Å². The topological polar surface area (TPSA) is 60.9 Å². The molecule has 0 aliphatic carbocycles. The van der Waals surface area contributed by atoms with E-state index in [0.29, 0.717) is 18.7 Å². The Labute approximate surface area is 112 Å². The van der Waals surface area contributed by atoms with Crippen LogP contribution < -0.4 is 0 Å². The molecule has 2 rings (SSSR count). The van der Waals surface area contributed by atoms with Gasteiger partial charge in [-0.15, -0.1) is 0 Å². The van der Waals surface area contributed by atoms with Gasteiger partial charge < -0.3 is 14.9 Å². The number of hydrogen-bond donors (Lipinski definition) is 1. The average molecular weight is 262 g/mol. The van der Waals surface area contributed by atoms with Gasteiger partial charge in [-0.2, -0.15) is 0 Å². The molecule has 1 N–H and O–H groups in total. The Bertz CT molecular complexity index is 490. The lowest BCUT2D eigenvalue weighted by Crippen LogP contribution is -2.62. The van der Waals surface area contributed by atoms with Crippen LogP contribution in [0.25, 0.3) is 0 Å². The third-order valence-electron chi connectivity index (χ3n) is 3.74. The number of carbonyl (C=O) groups excluding carboxylic acids is 2. The summed E-state index contributed by atoms with van der Waals surface area (Å²) in [5, 5.41) is 9.36. The number of aromatic hydroxyl groups is 1. The molecular weight excluding hydrogens is 244 g/mol. The molecule has 102 valence electrons. The molecule has 0 radical (unpaired) electrons. The zero-order valence-corrected chi connectivity index (χ0v) is 11.4. The number of amides is 2. The predicted molar refractivity (Wildman–Crippen MR) is 70.5 cm³/mol. The zero-order chi connectivity index (χ0) is 14.2. The number of hydrogen-bond acceptors (Lipinski definition) is 3. The smallest absolute Gasteiger partial charge is 0.243 e. The minimum atomic E-state index is -1.17. The minimum Gasteiger partial charge on any atom is -0.508 e. The Morgan fingerprint density at radius 1 is 1.11 bits per heavy atom. The molecule has 0 aromatic heterocycles. The Morgan fingerprint density at radius 2 is 1.58 bits per heavy atom. The van der Waals surface area contributed by atoms with E-state index in [1.165, 1.54) is 12.1 Å². The van der Waals surface area contributed by atoms with Crippen LogP contribution in [0.3, 0.4) is 0 Å². The van der Waals surface area contributed by atoms with Crippen molar-refractivity contribution < 1.29 is 14.7 Å². The fraction of sp³-hybridized carbons (Fsp3) is 0.429. The van der Waals surface area contributed by atoms with Gasteiger partial charge in [0.05, 0.1) is 6.67 Å². The molecule has 1 heterocycles. The molecule has 0 atom stereocenters. The second kappa shape index (κ2) is 4.57. The fourth-order valence-corrected chi connectivity index (χ4v) is 2.69. The first kappa shape index (κ1) is 13.4. The molecule has 1 fully saturated rings. The third-order valence-corrected chi connectivity index (χ3v) is 3.74. The molecule has 0 unspecified atom stereocenters. The quantitative estimate of drug-likeness (QED) is 0.806. The maximum absolute atomic E-state index is 12.5. The number of phenolic OH excluding ortho intramolecular Hbond substituents is 1. The lowest BCUT2D eigenvalue weighted by Gasteiger charge is -2.43. The van der Waals surface area contributed by atoms with Gasteiger partial charge in [0.2, 0.25) is 11.8 Å². The van der Waals surface area contributed by atoms with E-state index in [0.717, 1.165) is 0 Å². The number of nitrogens with zero attached hydrogens (tertiary/aromatic N) is 2. The van der Waals surface area contributed by atoms with Crippen molar-refractivity contribution >= 4 is 11.8 Å². The Hall–Kier alpha value is -2.04. The summed E-state index contributed by atoms with van der Waals surface area (Å²) in [7, 11) is 3.38. The first-order chi connectivity index (χ1) is 8.93. The summed E-state index contributed by atoms with van der Waals surface area (Å²) in [5.41, 5.74) is -0.545. The lowest BCUT2D eigenvalue weighted by molar-refractivity contribution is -0.159. The van der Waals surface area contributed by atoms with Crippen LogP contribution in [-0.4, -0.2) is 47.5 Å². The van der Waals surface area contributed by atoms with Crippen LogP contribution >= 0.6 is 0 Å². The van der Waals surface area contributed by atoms with Crippen LogP contribution in [-0.2, 0) is 15.0 Å². The van der Waals surface area contributed by atoms with Crippen molar-refractivity contribution in [2.75, 3.05) is 20.8 Å². The van der Waals surface area contributed by atoms with Crippen molar-refractivity contribution in [2.45, 2.75) is 18.8 Å². The van der Waals surface area contributed by atoms with Crippen LogP contribution in [0.15, 0.2) is 24.3 Å². The lowest BCUT2D eigenvalue weighted by atomic mass is 9.74. The molecule has 2 amide bonds. The van der Waals surface area contributed by atoms with Crippen LogP contribution in [0, 0.1) is 0 Å². The van der Waals surface area contributed by atoms with E-state index in [-0.39, 0.29) is 17.6 Å². The summed E-state index contributed by atoms with van der Waals surface area (Å²) in [5.74, 6) is -0.264. The maximum atomic E-state index is 12.5. The summed E-state index contributed by atoms with van der Waals surface area (Å²) in [6.07, 6.45) is 0.393.